The highest BCUT2D eigenvalue weighted by Crippen LogP contribution is 2.52. The zero-order valence-electron chi connectivity index (χ0n) is 10.7. The maximum Gasteiger partial charge on any atom is 0.0834 e. The van der Waals surface area contributed by atoms with Gasteiger partial charge >= 0.3 is 0 Å². The van der Waals surface area contributed by atoms with Crippen LogP contribution in [0.15, 0.2) is 54.6 Å². The van der Waals surface area contributed by atoms with E-state index in [1.807, 2.05) is 30.3 Å². The SMILES string of the molecule is N#CC1(c2cccc(N)c2)CC(c2ccccc2)C1. The molecule has 19 heavy (non-hydrogen) atoms. The summed E-state index contributed by atoms with van der Waals surface area (Å²) in [4.78, 5) is 0. The van der Waals surface area contributed by atoms with Crippen molar-refractivity contribution in [1.82, 2.24) is 0 Å². The molecule has 2 nitrogen and oxygen atoms in total. The molecule has 1 saturated carbocycles. The van der Waals surface area contributed by atoms with Crippen LogP contribution in [-0.2, 0) is 5.41 Å². The molecule has 0 saturated heterocycles. The zero-order valence-corrected chi connectivity index (χ0v) is 10.7. The molecule has 0 unspecified atom stereocenters. The van der Waals surface area contributed by atoms with Gasteiger partial charge in [-0.1, -0.05) is 42.5 Å². The smallest absolute Gasteiger partial charge is 0.0834 e. The molecule has 3 rings (SSSR count). The number of rotatable bonds is 2. The Morgan fingerprint density at radius 3 is 2.42 bits per heavy atom. The molecule has 1 aliphatic rings. The van der Waals surface area contributed by atoms with Gasteiger partial charge in [-0.3, -0.25) is 0 Å². The Labute approximate surface area is 113 Å². The van der Waals surface area contributed by atoms with Gasteiger partial charge in [0.2, 0.25) is 0 Å². The molecule has 1 aliphatic carbocycles. The molecule has 0 spiro atoms. The molecule has 2 heteroatoms. The fourth-order valence-corrected chi connectivity index (χ4v) is 2.97. The van der Waals surface area contributed by atoms with E-state index in [0.717, 1.165) is 24.1 Å². The summed E-state index contributed by atoms with van der Waals surface area (Å²) in [6, 6.07) is 20.7. The molecule has 2 N–H and O–H groups in total. The lowest BCUT2D eigenvalue weighted by molar-refractivity contribution is 0.270. The van der Waals surface area contributed by atoms with E-state index in [1.165, 1.54) is 5.56 Å². The average molecular weight is 248 g/mol. The lowest BCUT2D eigenvalue weighted by atomic mass is 9.58. The Morgan fingerprint density at radius 2 is 1.79 bits per heavy atom. The van der Waals surface area contributed by atoms with Gasteiger partial charge in [-0.15, -0.1) is 0 Å². The third-order valence-corrected chi connectivity index (χ3v) is 4.11. The Morgan fingerprint density at radius 1 is 1.05 bits per heavy atom. The number of nitriles is 1. The van der Waals surface area contributed by atoms with E-state index < -0.39 is 0 Å². The highest BCUT2D eigenvalue weighted by Gasteiger charge is 2.46. The topological polar surface area (TPSA) is 49.8 Å². The van der Waals surface area contributed by atoms with E-state index in [1.54, 1.807) is 0 Å². The molecule has 2 aromatic rings. The molecule has 0 aromatic heterocycles. The van der Waals surface area contributed by atoms with Gasteiger partial charge in [0.15, 0.2) is 0 Å². The van der Waals surface area contributed by atoms with Gasteiger partial charge in [-0.2, -0.15) is 5.26 Å². The number of anilines is 1. The van der Waals surface area contributed by atoms with E-state index in [9.17, 15) is 5.26 Å². The van der Waals surface area contributed by atoms with Crippen LogP contribution in [0.3, 0.4) is 0 Å². The van der Waals surface area contributed by atoms with Crippen molar-refractivity contribution in [2.45, 2.75) is 24.2 Å². The highest BCUT2D eigenvalue weighted by molar-refractivity contribution is 5.48. The van der Waals surface area contributed by atoms with Gasteiger partial charge in [-0.05, 0) is 42.0 Å². The Bertz CT molecular complexity index is 619. The zero-order chi connectivity index (χ0) is 13.3. The maximum atomic E-state index is 9.55. The lowest BCUT2D eigenvalue weighted by Crippen LogP contribution is -2.38. The number of nitrogens with zero attached hydrogens (tertiary/aromatic N) is 1. The summed E-state index contributed by atoms with van der Waals surface area (Å²) in [5, 5.41) is 9.55. The van der Waals surface area contributed by atoms with Crippen LogP contribution >= 0.6 is 0 Å². The van der Waals surface area contributed by atoms with E-state index in [0.29, 0.717) is 5.92 Å². The number of nitrogen functional groups attached to an aromatic ring is 1. The summed E-state index contributed by atoms with van der Waals surface area (Å²) < 4.78 is 0. The molecule has 0 aliphatic heterocycles. The Balaban J connectivity index is 1.85. The number of nitrogens with two attached hydrogens (primary N) is 1. The Kier molecular flexibility index (Phi) is 2.76. The summed E-state index contributed by atoms with van der Waals surface area (Å²) in [5.41, 5.74) is 8.59. The second-order valence-electron chi connectivity index (χ2n) is 5.34. The molecule has 94 valence electrons. The highest BCUT2D eigenvalue weighted by atomic mass is 14.6. The summed E-state index contributed by atoms with van der Waals surface area (Å²) in [5.74, 6) is 0.488. The minimum Gasteiger partial charge on any atom is -0.399 e. The largest absolute Gasteiger partial charge is 0.399 e. The molecule has 0 atom stereocenters. The maximum absolute atomic E-state index is 9.55. The normalized spacial score (nSPS) is 25.3. The summed E-state index contributed by atoms with van der Waals surface area (Å²) >= 11 is 0. The molecular formula is C17H16N2. The first-order valence-corrected chi connectivity index (χ1v) is 6.56. The summed E-state index contributed by atoms with van der Waals surface area (Å²) in [7, 11) is 0. The number of hydrogen-bond donors (Lipinski definition) is 1. The summed E-state index contributed by atoms with van der Waals surface area (Å²) in [6.07, 6.45) is 1.77. The van der Waals surface area contributed by atoms with Crippen molar-refractivity contribution in [1.29, 1.82) is 5.26 Å². The second kappa shape index (κ2) is 4.44. The molecule has 2 aromatic carbocycles. The first-order chi connectivity index (χ1) is 9.23. The van der Waals surface area contributed by atoms with Gasteiger partial charge in [-0.25, -0.2) is 0 Å². The minimum atomic E-state index is -0.351. The first-order valence-electron chi connectivity index (χ1n) is 6.56. The van der Waals surface area contributed by atoms with Crippen molar-refractivity contribution in [3.63, 3.8) is 0 Å². The first kappa shape index (κ1) is 11.8. The molecule has 1 fully saturated rings. The van der Waals surface area contributed by atoms with Crippen molar-refractivity contribution < 1.29 is 0 Å². The van der Waals surface area contributed by atoms with Crippen LogP contribution < -0.4 is 5.73 Å². The standard InChI is InChI=1S/C17H16N2/c18-12-17(15-7-4-8-16(19)9-15)10-14(11-17)13-5-2-1-3-6-13/h1-9,14H,10-11,19H2. The van der Waals surface area contributed by atoms with Crippen LogP contribution in [0.1, 0.15) is 29.9 Å². The van der Waals surface area contributed by atoms with Crippen molar-refractivity contribution in [2.75, 3.05) is 5.73 Å². The van der Waals surface area contributed by atoms with Crippen molar-refractivity contribution in [3.8, 4) is 6.07 Å². The van der Waals surface area contributed by atoms with E-state index >= 15 is 0 Å². The molecule has 0 bridgehead atoms. The van der Waals surface area contributed by atoms with Crippen molar-refractivity contribution in [3.05, 3.63) is 65.7 Å². The predicted molar refractivity (Wildman–Crippen MR) is 76.6 cm³/mol. The van der Waals surface area contributed by atoms with Gasteiger partial charge < -0.3 is 5.73 Å². The number of hydrogen-bond acceptors (Lipinski definition) is 2. The number of benzene rings is 2. The predicted octanol–water partition coefficient (Wildman–Crippen LogP) is 3.61. The summed E-state index contributed by atoms with van der Waals surface area (Å²) in [6.45, 7) is 0. The third kappa shape index (κ3) is 1.98. The van der Waals surface area contributed by atoms with Crippen LogP contribution in [0.25, 0.3) is 0 Å². The fraction of sp³-hybridized carbons (Fsp3) is 0.235. The van der Waals surface area contributed by atoms with Gasteiger partial charge in [0, 0.05) is 5.69 Å². The van der Waals surface area contributed by atoms with Crippen LogP contribution in [0.4, 0.5) is 5.69 Å². The van der Waals surface area contributed by atoms with Gasteiger partial charge in [0.1, 0.15) is 0 Å². The van der Waals surface area contributed by atoms with Crippen molar-refractivity contribution >= 4 is 5.69 Å². The molecule has 0 amide bonds. The van der Waals surface area contributed by atoms with Gasteiger partial charge in [0.25, 0.3) is 0 Å². The average Bonchev–Trinajstić information content (AvgIpc) is 2.40. The monoisotopic (exact) mass is 248 g/mol. The third-order valence-electron chi connectivity index (χ3n) is 4.11. The second-order valence-corrected chi connectivity index (χ2v) is 5.34. The lowest BCUT2D eigenvalue weighted by Gasteiger charge is -2.43. The van der Waals surface area contributed by atoms with Gasteiger partial charge in [0.05, 0.1) is 11.5 Å². The van der Waals surface area contributed by atoms with Crippen molar-refractivity contribution in [2.24, 2.45) is 0 Å². The quantitative estimate of drug-likeness (QED) is 0.825. The van der Waals surface area contributed by atoms with Crippen LogP contribution in [0.5, 0.6) is 0 Å². The molecular weight excluding hydrogens is 232 g/mol. The van der Waals surface area contributed by atoms with Crippen LogP contribution in [0.2, 0.25) is 0 Å². The van der Waals surface area contributed by atoms with Crippen LogP contribution in [0, 0.1) is 11.3 Å². The molecule has 0 radical (unpaired) electrons. The van der Waals surface area contributed by atoms with Crippen LogP contribution in [-0.4, -0.2) is 0 Å². The minimum absolute atomic E-state index is 0.351. The molecule has 0 heterocycles. The Hall–Kier alpha value is -2.27. The fourth-order valence-electron chi connectivity index (χ4n) is 2.97. The van der Waals surface area contributed by atoms with E-state index in [-0.39, 0.29) is 5.41 Å². The van der Waals surface area contributed by atoms with E-state index in [2.05, 4.69) is 30.3 Å². The van der Waals surface area contributed by atoms with E-state index in [4.69, 9.17) is 5.73 Å².